The number of aryl methyl sites for hydroxylation is 1. The number of sulfonamides is 1. The van der Waals surface area contributed by atoms with Gasteiger partial charge in [0.1, 0.15) is 18.0 Å². The highest BCUT2D eigenvalue weighted by atomic mass is 79.9. The highest BCUT2D eigenvalue weighted by Crippen LogP contribution is 2.31. The molecule has 0 saturated heterocycles. The van der Waals surface area contributed by atoms with Crippen LogP contribution in [0.3, 0.4) is 0 Å². The van der Waals surface area contributed by atoms with E-state index in [1.807, 2.05) is 6.92 Å². The monoisotopic (exact) mass is 518 g/mol. The van der Waals surface area contributed by atoms with Crippen molar-refractivity contribution in [3.8, 4) is 11.5 Å². The highest BCUT2D eigenvalue weighted by Gasteiger charge is 2.28. The minimum Gasteiger partial charge on any atom is -0.497 e. The molecule has 0 radical (unpaired) electrons. The number of benzene rings is 3. The molecule has 3 aromatic carbocycles. The van der Waals surface area contributed by atoms with Crippen molar-refractivity contribution in [2.45, 2.75) is 11.8 Å². The summed E-state index contributed by atoms with van der Waals surface area (Å²) in [6.07, 6.45) is 0. The number of ether oxygens (including phenoxy) is 2. The smallest absolute Gasteiger partial charge is 0.264 e. The number of rotatable bonds is 8. The number of carbonyl (C=O) groups is 1. The van der Waals surface area contributed by atoms with E-state index in [0.29, 0.717) is 27.3 Å². The first-order valence-corrected chi connectivity index (χ1v) is 11.8. The molecule has 9 heteroatoms. The van der Waals surface area contributed by atoms with Gasteiger partial charge in [-0.05, 0) is 77.5 Å². The largest absolute Gasteiger partial charge is 0.497 e. The molecule has 0 bridgehead atoms. The molecule has 0 fully saturated rings. The molecule has 3 aromatic rings. The summed E-state index contributed by atoms with van der Waals surface area (Å²) in [7, 11) is -0.998. The minimum atomic E-state index is -4.05. The lowest BCUT2D eigenvalue weighted by Crippen LogP contribution is -2.38. The lowest BCUT2D eigenvalue weighted by atomic mass is 10.2. The van der Waals surface area contributed by atoms with Crippen LogP contribution in [0.15, 0.2) is 76.1 Å². The van der Waals surface area contributed by atoms with Crippen LogP contribution in [0, 0.1) is 6.92 Å². The van der Waals surface area contributed by atoms with E-state index >= 15 is 0 Å². The van der Waals surface area contributed by atoms with Crippen LogP contribution in [-0.4, -0.2) is 35.1 Å². The lowest BCUT2D eigenvalue weighted by Gasteiger charge is -2.24. The van der Waals surface area contributed by atoms with Gasteiger partial charge in [0, 0.05) is 5.69 Å². The Morgan fingerprint density at radius 2 is 1.62 bits per heavy atom. The third-order valence-corrected chi connectivity index (χ3v) is 7.08. The zero-order valence-corrected chi connectivity index (χ0v) is 20.2. The van der Waals surface area contributed by atoms with Gasteiger partial charge in [-0.1, -0.05) is 17.7 Å². The standard InChI is InChI=1S/C23H23BrN2O5S/c1-16-4-8-18(9-5-16)26(15-23(27)25-17-6-10-19(30-2)11-7-17)32(28,29)20-12-13-22(31-3)21(24)14-20/h4-14H,15H2,1-3H3,(H,25,27). The molecule has 1 N–H and O–H groups in total. The molecular formula is C23H23BrN2O5S. The molecule has 0 saturated carbocycles. The van der Waals surface area contributed by atoms with E-state index in [1.54, 1.807) is 61.7 Å². The molecule has 0 spiro atoms. The van der Waals surface area contributed by atoms with E-state index in [4.69, 9.17) is 9.47 Å². The van der Waals surface area contributed by atoms with Crippen LogP contribution in [0.5, 0.6) is 11.5 Å². The second kappa shape index (κ2) is 10.1. The summed E-state index contributed by atoms with van der Waals surface area (Å²) in [5.41, 5.74) is 1.89. The van der Waals surface area contributed by atoms with Crippen molar-refractivity contribution in [3.05, 3.63) is 76.8 Å². The fraction of sp³-hybridized carbons (Fsp3) is 0.174. The quantitative estimate of drug-likeness (QED) is 0.470. The topological polar surface area (TPSA) is 84.9 Å². The summed E-state index contributed by atoms with van der Waals surface area (Å²) in [6.45, 7) is 1.50. The molecule has 0 unspecified atom stereocenters. The van der Waals surface area contributed by atoms with Gasteiger partial charge in [-0.2, -0.15) is 0 Å². The van der Waals surface area contributed by atoms with Crippen LogP contribution >= 0.6 is 15.9 Å². The second-order valence-corrected chi connectivity index (χ2v) is 9.64. The van der Waals surface area contributed by atoms with Crippen LogP contribution < -0.4 is 19.1 Å². The minimum absolute atomic E-state index is 0.0306. The van der Waals surface area contributed by atoms with Crippen LogP contribution in [0.4, 0.5) is 11.4 Å². The highest BCUT2D eigenvalue weighted by molar-refractivity contribution is 9.10. The molecule has 0 aliphatic heterocycles. The van der Waals surface area contributed by atoms with Gasteiger partial charge in [0.2, 0.25) is 5.91 Å². The van der Waals surface area contributed by atoms with Gasteiger partial charge in [0.15, 0.2) is 0 Å². The molecule has 0 aliphatic rings. The molecule has 168 valence electrons. The van der Waals surface area contributed by atoms with E-state index in [9.17, 15) is 13.2 Å². The van der Waals surface area contributed by atoms with Gasteiger partial charge in [-0.15, -0.1) is 0 Å². The molecule has 0 atom stereocenters. The molecule has 0 aromatic heterocycles. The van der Waals surface area contributed by atoms with Crippen molar-refractivity contribution in [2.24, 2.45) is 0 Å². The fourth-order valence-corrected chi connectivity index (χ4v) is 5.11. The third-order valence-electron chi connectivity index (χ3n) is 4.69. The Hall–Kier alpha value is -3.04. The summed E-state index contributed by atoms with van der Waals surface area (Å²) >= 11 is 3.32. The number of nitrogens with one attached hydrogen (secondary N) is 1. The Bertz CT molecular complexity index is 1200. The summed E-state index contributed by atoms with van der Waals surface area (Å²) in [6, 6.07) is 18.2. The molecule has 0 heterocycles. The maximum Gasteiger partial charge on any atom is 0.264 e. The van der Waals surface area contributed by atoms with E-state index in [0.717, 1.165) is 9.87 Å². The average molecular weight is 519 g/mol. The Kier molecular flexibility index (Phi) is 7.42. The van der Waals surface area contributed by atoms with Crippen LogP contribution in [0.25, 0.3) is 0 Å². The fourth-order valence-electron chi connectivity index (χ4n) is 2.97. The van der Waals surface area contributed by atoms with E-state index in [2.05, 4.69) is 21.2 Å². The van der Waals surface area contributed by atoms with Gasteiger partial charge in [0.05, 0.1) is 29.3 Å². The average Bonchev–Trinajstić information content (AvgIpc) is 2.78. The van der Waals surface area contributed by atoms with Crippen molar-refractivity contribution in [1.29, 1.82) is 0 Å². The molecule has 3 rings (SSSR count). The number of hydrogen-bond donors (Lipinski definition) is 1. The van der Waals surface area contributed by atoms with E-state index in [1.165, 1.54) is 19.2 Å². The van der Waals surface area contributed by atoms with Crippen LogP contribution in [-0.2, 0) is 14.8 Å². The van der Waals surface area contributed by atoms with Crippen molar-refractivity contribution < 1.29 is 22.7 Å². The number of halogens is 1. The number of carbonyl (C=O) groups excluding carboxylic acids is 1. The molecule has 7 nitrogen and oxygen atoms in total. The number of nitrogens with zero attached hydrogens (tertiary/aromatic N) is 1. The maximum atomic E-state index is 13.5. The summed E-state index contributed by atoms with van der Waals surface area (Å²) in [4.78, 5) is 12.8. The van der Waals surface area contributed by atoms with E-state index < -0.39 is 22.5 Å². The van der Waals surface area contributed by atoms with Crippen LogP contribution in [0.1, 0.15) is 5.56 Å². The van der Waals surface area contributed by atoms with Crippen molar-refractivity contribution in [1.82, 2.24) is 0 Å². The van der Waals surface area contributed by atoms with Crippen molar-refractivity contribution in [2.75, 3.05) is 30.4 Å². The number of anilines is 2. The molecule has 1 amide bonds. The first kappa shape index (κ1) is 23.6. The third kappa shape index (κ3) is 5.41. The first-order chi connectivity index (χ1) is 15.2. The molecular weight excluding hydrogens is 496 g/mol. The second-order valence-electron chi connectivity index (χ2n) is 6.92. The Morgan fingerprint density at radius 3 is 2.19 bits per heavy atom. The van der Waals surface area contributed by atoms with Crippen molar-refractivity contribution >= 4 is 43.2 Å². The predicted octanol–water partition coefficient (Wildman–Crippen LogP) is 4.61. The van der Waals surface area contributed by atoms with Crippen LogP contribution in [0.2, 0.25) is 0 Å². The molecule has 32 heavy (non-hydrogen) atoms. The van der Waals surface area contributed by atoms with Gasteiger partial charge >= 0.3 is 0 Å². The number of amides is 1. The summed E-state index contributed by atoms with van der Waals surface area (Å²) in [5, 5.41) is 2.73. The van der Waals surface area contributed by atoms with Gasteiger partial charge in [-0.3, -0.25) is 9.10 Å². The Labute approximate surface area is 196 Å². The van der Waals surface area contributed by atoms with E-state index in [-0.39, 0.29) is 4.90 Å². The zero-order chi connectivity index (χ0) is 23.3. The number of hydrogen-bond acceptors (Lipinski definition) is 5. The summed E-state index contributed by atoms with van der Waals surface area (Å²) in [5.74, 6) is 0.673. The summed E-state index contributed by atoms with van der Waals surface area (Å²) < 4.78 is 38.9. The normalized spacial score (nSPS) is 11.0. The first-order valence-electron chi connectivity index (χ1n) is 9.61. The lowest BCUT2D eigenvalue weighted by molar-refractivity contribution is -0.114. The van der Waals surface area contributed by atoms with Gasteiger partial charge < -0.3 is 14.8 Å². The maximum absolute atomic E-state index is 13.5. The predicted molar refractivity (Wildman–Crippen MR) is 128 cm³/mol. The van der Waals surface area contributed by atoms with Gasteiger partial charge in [0.25, 0.3) is 10.0 Å². The Balaban J connectivity index is 1.93. The number of methoxy groups -OCH3 is 2. The zero-order valence-electron chi connectivity index (χ0n) is 17.8. The van der Waals surface area contributed by atoms with Gasteiger partial charge in [-0.25, -0.2) is 8.42 Å². The molecule has 0 aliphatic carbocycles. The Morgan fingerprint density at radius 1 is 0.969 bits per heavy atom. The SMILES string of the molecule is COc1ccc(NC(=O)CN(c2ccc(C)cc2)S(=O)(=O)c2ccc(OC)c(Br)c2)cc1. The van der Waals surface area contributed by atoms with Crippen molar-refractivity contribution in [3.63, 3.8) is 0 Å².